The summed E-state index contributed by atoms with van der Waals surface area (Å²) in [5, 5.41) is 0. The second-order valence-corrected chi connectivity index (χ2v) is 22.5. The summed E-state index contributed by atoms with van der Waals surface area (Å²) in [6.45, 7) is 16.6. The molecule has 4 rings (SSSR count). The van der Waals surface area contributed by atoms with Gasteiger partial charge in [-0.2, -0.15) is 13.2 Å². The monoisotopic (exact) mass is 679 g/mol. The number of imide groups is 1. The van der Waals surface area contributed by atoms with Gasteiger partial charge >= 0.3 is 6.18 Å². The number of hydrogen-bond acceptors (Lipinski definition) is 4. The van der Waals surface area contributed by atoms with Gasteiger partial charge in [-0.15, -0.1) is 0 Å². The Morgan fingerprint density at radius 3 is 2.11 bits per heavy atom. The van der Waals surface area contributed by atoms with E-state index in [1.54, 1.807) is 62.6 Å². The number of amides is 2. The molecule has 2 amide bonds. The fraction of sp³-hybridized carbons (Fsp3) is 0.545. The summed E-state index contributed by atoms with van der Waals surface area (Å²) in [7, 11) is -3.10. The van der Waals surface area contributed by atoms with E-state index < -0.39 is 53.9 Å². The molecule has 0 radical (unpaired) electrons. The Kier molecular flexibility index (Phi) is 10.1. The number of hydrogen-bond donors (Lipinski definition) is 2. The Morgan fingerprint density at radius 1 is 1.00 bits per heavy atom. The predicted molar refractivity (Wildman–Crippen MR) is 176 cm³/mol. The van der Waals surface area contributed by atoms with Crippen LogP contribution in [0.2, 0.25) is 25.7 Å². The summed E-state index contributed by atoms with van der Waals surface area (Å²) >= 11 is 0. The van der Waals surface area contributed by atoms with Gasteiger partial charge in [0.05, 0.1) is 38.3 Å². The highest BCUT2D eigenvalue weighted by atomic mass is 32.2. The number of nitrogens with zero attached hydrogens (tertiary/aromatic N) is 2. The number of aromatic amines is 1. The zero-order valence-corrected chi connectivity index (χ0v) is 29.9. The molecule has 0 spiro atoms. The molecule has 13 heteroatoms. The second-order valence-electron chi connectivity index (χ2n) is 14.9. The number of aromatic nitrogens is 2. The van der Waals surface area contributed by atoms with Crippen LogP contribution in [0.5, 0.6) is 0 Å². The van der Waals surface area contributed by atoms with Crippen molar-refractivity contribution in [3.8, 4) is 0 Å². The molecule has 0 fully saturated rings. The van der Waals surface area contributed by atoms with E-state index in [2.05, 4.69) is 29.3 Å². The smallest absolute Gasteiger partial charge is 0.342 e. The molecule has 2 N–H and O–H groups in total. The maximum atomic E-state index is 14.2. The number of carbonyl (C=O) groups is 2. The highest BCUT2D eigenvalue weighted by Gasteiger charge is 2.50. The number of halogens is 3. The van der Waals surface area contributed by atoms with Gasteiger partial charge in [-0.05, 0) is 70.0 Å². The number of nitrogens with one attached hydrogen (secondary N) is 2. The van der Waals surface area contributed by atoms with Gasteiger partial charge in [0, 0.05) is 14.7 Å². The standard InChI is InChI=1S/C33H45F3N4O4SSi/c1-21(40-29(41)23-12-10-11-13-24(23)30(40)42)22-14-15-27-25(18-22)37-28(39(27)20-44-16-17-46(7,8)9)26(38-45(43)31(2,3)4)19-32(5,6)33(34,35)36/h10-15,18,21,26,38H,16-17,19-20H2,1-9H3/p+1/t21-,26-,45+/m1/s1. The topological polar surface area (TPSA) is 95.4 Å². The van der Waals surface area contributed by atoms with Gasteiger partial charge in [0.25, 0.3) is 17.6 Å². The van der Waals surface area contributed by atoms with Gasteiger partial charge in [-0.25, -0.2) is 18.5 Å². The molecule has 0 unspecified atom stereocenters. The lowest BCUT2D eigenvalue weighted by atomic mass is 9.85. The molecular formula is C33H46F3N4O4SSi+. The number of ether oxygens (including phenoxy) is 1. The lowest BCUT2D eigenvalue weighted by Crippen LogP contribution is -2.47. The lowest BCUT2D eigenvalue weighted by Gasteiger charge is -2.31. The van der Waals surface area contributed by atoms with Crippen molar-refractivity contribution in [2.75, 3.05) is 6.61 Å². The molecule has 1 aliphatic rings. The number of imidazole rings is 1. The number of carbonyl (C=O) groups excluding carboxylic acids is 2. The number of H-pyrrole nitrogens is 1. The summed E-state index contributed by atoms with van der Waals surface area (Å²) in [6.07, 6.45) is -4.89. The first-order valence-electron chi connectivity index (χ1n) is 15.5. The Morgan fingerprint density at radius 2 is 1.59 bits per heavy atom. The van der Waals surface area contributed by atoms with Crippen molar-refractivity contribution in [2.45, 2.75) is 103 Å². The fourth-order valence-corrected chi connectivity index (χ4v) is 6.83. The molecule has 0 saturated heterocycles. The quantitative estimate of drug-likeness (QED) is 0.0917. The number of fused-ring (bicyclic) bond motifs is 2. The molecular weight excluding hydrogens is 634 g/mol. The Balaban J connectivity index is 1.79. The maximum Gasteiger partial charge on any atom is 0.394 e. The van der Waals surface area contributed by atoms with Crippen LogP contribution in [0.3, 0.4) is 0 Å². The van der Waals surface area contributed by atoms with Gasteiger partial charge in [0.1, 0.15) is 6.04 Å². The summed E-state index contributed by atoms with van der Waals surface area (Å²) in [6, 6.07) is 11.4. The van der Waals surface area contributed by atoms with Crippen molar-refractivity contribution in [1.29, 1.82) is 0 Å². The van der Waals surface area contributed by atoms with E-state index in [-0.39, 0.29) is 18.5 Å². The largest absolute Gasteiger partial charge is 0.394 e. The van der Waals surface area contributed by atoms with Crippen molar-refractivity contribution >= 4 is 41.9 Å². The van der Waals surface area contributed by atoms with Crippen LogP contribution in [0.25, 0.3) is 11.0 Å². The summed E-state index contributed by atoms with van der Waals surface area (Å²) in [4.78, 5) is 30.9. The minimum atomic E-state index is -4.50. The van der Waals surface area contributed by atoms with Gasteiger partial charge in [0.15, 0.2) is 17.8 Å². The number of benzene rings is 2. The minimum Gasteiger partial charge on any atom is -0.342 e. The molecule has 252 valence electrons. The van der Waals surface area contributed by atoms with E-state index in [0.717, 1.165) is 19.9 Å². The first-order valence-corrected chi connectivity index (χ1v) is 20.3. The summed E-state index contributed by atoms with van der Waals surface area (Å²) in [5.74, 6) is -0.368. The van der Waals surface area contributed by atoms with Crippen molar-refractivity contribution in [1.82, 2.24) is 14.6 Å². The molecule has 8 nitrogen and oxygen atoms in total. The average Bonchev–Trinajstić information content (AvgIpc) is 3.42. The van der Waals surface area contributed by atoms with E-state index in [0.29, 0.717) is 40.2 Å². The van der Waals surface area contributed by atoms with Crippen molar-refractivity contribution < 1.29 is 36.3 Å². The number of alkyl halides is 3. The average molecular weight is 680 g/mol. The van der Waals surface area contributed by atoms with Crippen molar-refractivity contribution in [3.63, 3.8) is 0 Å². The minimum absolute atomic E-state index is 0.0693. The molecule has 0 bridgehead atoms. The Hall–Kier alpha value is -2.87. The second kappa shape index (κ2) is 13.0. The molecule has 2 aromatic carbocycles. The van der Waals surface area contributed by atoms with Crippen LogP contribution in [-0.4, -0.2) is 51.5 Å². The molecule has 46 heavy (non-hydrogen) atoms. The van der Waals surface area contributed by atoms with Crippen LogP contribution in [0.15, 0.2) is 42.5 Å². The van der Waals surface area contributed by atoms with Crippen LogP contribution in [0.1, 0.15) is 92.2 Å². The van der Waals surface area contributed by atoms with Gasteiger partial charge in [-0.3, -0.25) is 14.5 Å². The Labute approximate surface area is 272 Å². The molecule has 0 aliphatic carbocycles. The highest BCUT2D eigenvalue weighted by Crippen LogP contribution is 2.44. The van der Waals surface area contributed by atoms with E-state index in [4.69, 9.17) is 4.74 Å². The van der Waals surface area contributed by atoms with Gasteiger partial charge in [0.2, 0.25) is 0 Å². The third kappa shape index (κ3) is 7.64. The van der Waals surface area contributed by atoms with Gasteiger partial charge in [-0.1, -0.05) is 51.7 Å². The molecule has 3 aromatic rings. The van der Waals surface area contributed by atoms with Crippen LogP contribution in [0.4, 0.5) is 13.2 Å². The first kappa shape index (κ1) is 36.0. The SMILES string of the molecule is C[C@H](c1ccc2c(c1)[nH]c([C@@H](CC(C)(C)C(F)(F)F)N[S@@](=O)C(C)(C)C)[n+]2COCC[Si](C)(C)C)N1C(=O)c2ccccc2C1=O. The van der Waals surface area contributed by atoms with Crippen molar-refractivity contribution in [3.05, 3.63) is 65.0 Å². The fourth-order valence-electron chi connectivity index (χ4n) is 5.27. The predicted octanol–water partition coefficient (Wildman–Crippen LogP) is 7.20. The molecule has 0 saturated carbocycles. The number of rotatable bonds is 12. The van der Waals surface area contributed by atoms with E-state index >= 15 is 0 Å². The van der Waals surface area contributed by atoms with Crippen LogP contribution >= 0.6 is 0 Å². The molecule has 3 atom stereocenters. The summed E-state index contributed by atoms with van der Waals surface area (Å²) < 4.78 is 66.1. The molecule has 1 aromatic heterocycles. The van der Waals surface area contributed by atoms with Crippen LogP contribution < -0.4 is 9.29 Å². The van der Waals surface area contributed by atoms with Gasteiger partial charge < -0.3 is 4.74 Å². The van der Waals surface area contributed by atoms with E-state index in [9.17, 15) is 27.0 Å². The van der Waals surface area contributed by atoms with Crippen LogP contribution in [0, 0.1) is 5.41 Å². The highest BCUT2D eigenvalue weighted by molar-refractivity contribution is 7.84. The molecule has 2 heterocycles. The van der Waals surface area contributed by atoms with Crippen molar-refractivity contribution in [2.24, 2.45) is 5.41 Å². The lowest BCUT2D eigenvalue weighted by molar-refractivity contribution is -0.717. The zero-order valence-electron chi connectivity index (χ0n) is 28.1. The first-order chi connectivity index (χ1) is 21.1. The maximum absolute atomic E-state index is 14.2. The Bertz CT molecular complexity index is 1610. The molecule has 1 aliphatic heterocycles. The van der Waals surface area contributed by atoms with Crippen LogP contribution in [-0.2, 0) is 22.5 Å². The van der Waals surface area contributed by atoms with E-state index in [1.165, 1.54) is 4.90 Å². The summed E-state index contributed by atoms with van der Waals surface area (Å²) in [5.41, 5.74) is 0.515. The normalized spacial score (nSPS) is 16.7. The van der Waals surface area contributed by atoms with E-state index in [1.807, 2.05) is 12.1 Å². The third-order valence-corrected chi connectivity index (χ3v) is 11.7. The zero-order chi connectivity index (χ0) is 34.4. The third-order valence-electron chi connectivity index (χ3n) is 8.39.